The molecule has 48 valence electrons. The zero-order valence-electron chi connectivity index (χ0n) is 3.91. The molecule has 1 saturated carbocycles. The van der Waals surface area contributed by atoms with E-state index < -0.39 is 21.5 Å². The van der Waals surface area contributed by atoms with E-state index >= 15 is 0 Å². The van der Waals surface area contributed by atoms with E-state index in [0.717, 1.165) is 0 Å². The van der Waals surface area contributed by atoms with Crippen LogP contribution in [0.25, 0.3) is 0 Å². The molecule has 1 rings (SSSR count). The fraction of sp³-hybridized carbons (Fsp3) is 1.00. The van der Waals surface area contributed by atoms with E-state index in [9.17, 15) is 12.8 Å². The third-order valence-electron chi connectivity index (χ3n) is 1.04. The van der Waals surface area contributed by atoms with Crippen molar-refractivity contribution >= 4 is 10.1 Å². The minimum atomic E-state index is -4.05. The molecule has 2 atom stereocenters. The van der Waals surface area contributed by atoms with Crippen LogP contribution in [0.3, 0.4) is 0 Å². The van der Waals surface area contributed by atoms with Gasteiger partial charge in [-0.1, -0.05) is 0 Å². The molecule has 1 aliphatic rings. The average Bonchev–Trinajstić information content (AvgIpc) is 2.13. The summed E-state index contributed by atoms with van der Waals surface area (Å²) < 4.78 is 39.6. The topological polar surface area (TPSA) is 54.4 Å². The van der Waals surface area contributed by atoms with E-state index in [-0.39, 0.29) is 6.42 Å². The number of alkyl halides is 1. The van der Waals surface area contributed by atoms with Crippen molar-refractivity contribution in [1.29, 1.82) is 0 Å². The van der Waals surface area contributed by atoms with Crippen LogP contribution >= 0.6 is 0 Å². The molecule has 0 spiro atoms. The Labute approximate surface area is 46.3 Å². The Bertz CT molecular complexity index is 185. The van der Waals surface area contributed by atoms with E-state index in [4.69, 9.17) is 4.55 Å². The Morgan fingerprint density at radius 1 is 1.62 bits per heavy atom. The molecule has 0 bridgehead atoms. The van der Waals surface area contributed by atoms with Gasteiger partial charge in [0.25, 0.3) is 10.1 Å². The fourth-order valence-electron chi connectivity index (χ4n) is 0.452. The van der Waals surface area contributed by atoms with E-state index in [1.54, 1.807) is 0 Å². The molecule has 5 heteroatoms. The fourth-order valence-corrected chi connectivity index (χ4v) is 1.25. The Balaban J connectivity index is 2.66. The van der Waals surface area contributed by atoms with E-state index in [2.05, 4.69) is 0 Å². The summed E-state index contributed by atoms with van der Waals surface area (Å²) >= 11 is 0. The van der Waals surface area contributed by atoms with Gasteiger partial charge in [0.2, 0.25) is 0 Å². The molecule has 0 aromatic heterocycles. The molecule has 2 unspecified atom stereocenters. The lowest BCUT2D eigenvalue weighted by molar-refractivity contribution is 0.452. The summed E-state index contributed by atoms with van der Waals surface area (Å²) in [5.41, 5.74) is 0. The zero-order valence-corrected chi connectivity index (χ0v) is 4.73. The van der Waals surface area contributed by atoms with Crippen molar-refractivity contribution in [3.8, 4) is 0 Å². The highest BCUT2D eigenvalue weighted by atomic mass is 32.2. The highest BCUT2D eigenvalue weighted by Gasteiger charge is 2.47. The van der Waals surface area contributed by atoms with Crippen LogP contribution in [0.4, 0.5) is 4.39 Å². The summed E-state index contributed by atoms with van der Waals surface area (Å²) in [5.74, 6) is 0. The summed E-state index contributed by atoms with van der Waals surface area (Å²) in [6.07, 6.45) is -1.37. The molecular formula is C3H5FO3S. The van der Waals surface area contributed by atoms with Crippen molar-refractivity contribution in [2.24, 2.45) is 0 Å². The lowest BCUT2D eigenvalue weighted by atomic mass is 10.9. The molecule has 0 aromatic rings. The van der Waals surface area contributed by atoms with Gasteiger partial charge in [0, 0.05) is 6.42 Å². The maximum atomic E-state index is 11.7. The van der Waals surface area contributed by atoms with Gasteiger partial charge < -0.3 is 0 Å². The average molecular weight is 140 g/mol. The summed E-state index contributed by atoms with van der Waals surface area (Å²) in [7, 11) is -4.05. The SMILES string of the molecule is O=S(=O)(O)C1CC1F. The van der Waals surface area contributed by atoms with Crippen LogP contribution in [-0.2, 0) is 10.1 Å². The lowest BCUT2D eigenvalue weighted by Gasteiger charge is -1.84. The molecule has 8 heavy (non-hydrogen) atoms. The second-order valence-corrected chi connectivity index (χ2v) is 3.44. The Morgan fingerprint density at radius 3 is 2.00 bits per heavy atom. The van der Waals surface area contributed by atoms with Crippen molar-refractivity contribution in [1.82, 2.24) is 0 Å². The monoisotopic (exact) mass is 140 g/mol. The third-order valence-corrected chi connectivity index (χ3v) is 2.29. The smallest absolute Gasteiger partial charge is 0.270 e. The predicted octanol–water partition coefficient (Wildman–Crippen LogP) is -0.0154. The van der Waals surface area contributed by atoms with Crippen molar-refractivity contribution in [3.63, 3.8) is 0 Å². The van der Waals surface area contributed by atoms with Crippen molar-refractivity contribution in [2.75, 3.05) is 0 Å². The molecule has 1 N–H and O–H groups in total. The summed E-state index contributed by atoms with van der Waals surface area (Å²) in [6, 6.07) is 0. The second kappa shape index (κ2) is 1.41. The van der Waals surface area contributed by atoms with Gasteiger partial charge in [0.05, 0.1) is 0 Å². The van der Waals surface area contributed by atoms with Gasteiger partial charge in [0.15, 0.2) is 0 Å². The summed E-state index contributed by atoms with van der Waals surface area (Å²) in [5, 5.41) is -1.12. The normalized spacial score (nSPS) is 37.2. The molecule has 1 aliphatic carbocycles. The van der Waals surface area contributed by atoms with Gasteiger partial charge in [-0.2, -0.15) is 8.42 Å². The van der Waals surface area contributed by atoms with Gasteiger partial charge in [-0.05, 0) is 0 Å². The Hall–Kier alpha value is -0.160. The van der Waals surface area contributed by atoms with Crippen LogP contribution in [0, 0.1) is 0 Å². The molecule has 0 heterocycles. The number of halogens is 1. The van der Waals surface area contributed by atoms with Crippen molar-refractivity contribution in [3.05, 3.63) is 0 Å². The molecule has 0 saturated heterocycles. The van der Waals surface area contributed by atoms with Crippen molar-refractivity contribution in [2.45, 2.75) is 17.8 Å². The first-order valence-corrected chi connectivity index (χ1v) is 3.62. The molecule has 0 radical (unpaired) electrons. The molecule has 0 amide bonds. The minimum Gasteiger partial charge on any atom is -0.285 e. The van der Waals surface area contributed by atoms with Crippen molar-refractivity contribution < 1.29 is 17.4 Å². The highest BCUT2D eigenvalue weighted by molar-refractivity contribution is 7.86. The van der Waals surface area contributed by atoms with Crippen LogP contribution < -0.4 is 0 Å². The van der Waals surface area contributed by atoms with Gasteiger partial charge >= 0.3 is 0 Å². The third kappa shape index (κ3) is 0.976. The van der Waals surface area contributed by atoms with Gasteiger partial charge in [-0.25, -0.2) is 4.39 Å². The first-order valence-electron chi connectivity index (χ1n) is 2.12. The number of hydrogen-bond donors (Lipinski definition) is 1. The summed E-state index contributed by atoms with van der Waals surface area (Å²) in [4.78, 5) is 0. The predicted molar refractivity (Wildman–Crippen MR) is 24.8 cm³/mol. The molecule has 0 aromatic carbocycles. The molecule has 1 fully saturated rings. The maximum absolute atomic E-state index is 11.7. The van der Waals surface area contributed by atoms with Gasteiger partial charge in [-0.15, -0.1) is 0 Å². The Kier molecular flexibility index (Phi) is 1.06. The first-order chi connectivity index (χ1) is 3.52. The largest absolute Gasteiger partial charge is 0.285 e. The Morgan fingerprint density at radius 2 is 2.00 bits per heavy atom. The van der Waals surface area contributed by atoms with Crippen LogP contribution in [0.5, 0.6) is 0 Å². The molecule has 0 aliphatic heterocycles. The number of rotatable bonds is 1. The van der Waals surface area contributed by atoms with E-state index in [1.807, 2.05) is 0 Å². The van der Waals surface area contributed by atoms with Crippen LogP contribution in [0.15, 0.2) is 0 Å². The van der Waals surface area contributed by atoms with Crippen LogP contribution in [-0.4, -0.2) is 24.4 Å². The quantitative estimate of drug-likeness (QED) is 0.521. The van der Waals surface area contributed by atoms with Gasteiger partial charge in [0.1, 0.15) is 11.4 Å². The van der Waals surface area contributed by atoms with Crippen LogP contribution in [0.2, 0.25) is 0 Å². The molecule has 3 nitrogen and oxygen atoms in total. The summed E-state index contributed by atoms with van der Waals surface area (Å²) in [6.45, 7) is 0. The second-order valence-electron chi connectivity index (χ2n) is 1.81. The minimum absolute atomic E-state index is 0.0428. The van der Waals surface area contributed by atoms with E-state index in [0.29, 0.717) is 0 Å². The first kappa shape index (κ1) is 5.97. The molecular weight excluding hydrogens is 135 g/mol. The highest BCUT2D eigenvalue weighted by Crippen LogP contribution is 2.31. The van der Waals surface area contributed by atoms with E-state index in [1.165, 1.54) is 0 Å². The van der Waals surface area contributed by atoms with Crippen LogP contribution in [0.1, 0.15) is 6.42 Å². The zero-order chi connectivity index (χ0) is 6.36. The van der Waals surface area contributed by atoms with Gasteiger partial charge in [-0.3, -0.25) is 4.55 Å². The standard InChI is InChI=1S/C3H5FO3S/c4-2-1-3(2)8(5,6)7/h2-3H,1H2,(H,5,6,7). The maximum Gasteiger partial charge on any atom is 0.270 e. The lowest BCUT2D eigenvalue weighted by Crippen LogP contribution is -2.06. The number of hydrogen-bond acceptors (Lipinski definition) is 2.